The fourth-order valence-corrected chi connectivity index (χ4v) is 42.1. The molecule has 2 unspecified atom stereocenters. The monoisotopic (exact) mass is 648 g/mol. The van der Waals surface area contributed by atoms with E-state index in [2.05, 4.69) is 176 Å². The molecule has 0 aliphatic heterocycles. The SMILES string of the molecule is C[Si](C)(C)C1=C[C]([Si](C)(C)C)([Ti]([CH2]c2ccccc2)([CH2]c2ccccc2)[C]2([Si](C)(C)C)C=CC([Si](C)(C)C)=C2)C=C1. The van der Waals surface area contributed by atoms with Gasteiger partial charge in [0.2, 0.25) is 0 Å². The van der Waals surface area contributed by atoms with Crippen LogP contribution in [0.15, 0.2) is 108 Å². The van der Waals surface area contributed by atoms with Gasteiger partial charge in [-0.1, -0.05) is 0 Å². The summed E-state index contributed by atoms with van der Waals surface area (Å²) in [6, 6.07) is 23.3. The van der Waals surface area contributed by atoms with Crippen molar-refractivity contribution < 1.29 is 16.6 Å². The second kappa shape index (κ2) is 11.2. The summed E-state index contributed by atoms with van der Waals surface area (Å²) in [6.45, 7) is 31.6. The van der Waals surface area contributed by atoms with E-state index in [1.807, 2.05) is 0 Å². The molecule has 2 aromatic rings. The Kier molecular flexibility index (Phi) is 8.95. The Labute approximate surface area is 260 Å². The fraction of sp³-hybridized carbons (Fsp3) is 0.444. The Morgan fingerprint density at radius 1 is 0.488 bits per heavy atom. The molecule has 2 aliphatic carbocycles. The first-order chi connectivity index (χ1) is 18.8. The Balaban J connectivity index is 2.23. The molecule has 0 aromatic heterocycles. The van der Waals surface area contributed by atoms with Crippen molar-refractivity contribution in [1.82, 2.24) is 0 Å². The van der Waals surface area contributed by atoms with Gasteiger partial charge in [0, 0.05) is 0 Å². The molecule has 0 saturated heterocycles. The number of allylic oxidation sites excluding steroid dienone is 8. The van der Waals surface area contributed by atoms with Gasteiger partial charge in [0.05, 0.1) is 0 Å². The molecule has 0 N–H and O–H groups in total. The van der Waals surface area contributed by atoms with E-state index in [4.69, 9.17) is 0 Å². The quantitative estimate of drug-likeness (QED) is 0.225. The van der Waals surface area contributed by atoms with Crippen molar-refractivity contribution >= 4 is 32.3 Å². The predicted octanol–water partition coefficient (Wildman–Crippen LogP) is 11.4. The van der Waals surface area contributed by atoms with E-state index in [0.29, 0.717) is 0 Å². The minimum absolute atomic E-state index is 0.199. The van der Waals surface area contributed by atoms with E-state index in [-0.39, 0.29) is 6.69 Å². The topological polar surface area (TPSA) is 0 Å². The maximum absolute atomic E-state index is 3.20. The Hall–Kier alpha value is -1.02. The van der Waals surface area contributed by atoms with Crippen molar-refractivity contribution in [2.24, 2.45) is 0 Å². The predicted molar refractivity (Wildman–Crippen MR) is 194 cm³/mol. The number of benzene rings is 2. The zero-order chi connectivity index (χ0) is 30.5. The molecular weight excluding hydrogens is 593 g/mol. The average Bonchev–Trinajstić information content (AvgIpc) is 3.52. The van der Waals surface area contributed by atoms with E-state index in [1.165, 1.54) is 9.45 Å². The number of hydrogen-bond acceptors (Lipinski definition) is 0. The van der Waals surface area contributed by atoms with Crippen LogP contribution in [-0.2, 0) is 26.0 Å². The van der Waals surface area contributed by atoms with Crippen LogP contribution in [0.4, 0.5) is 0 Å². The first kappa shape index (κ1) is 32.9. The summed E-state index contributed by atoms with van der Waals surface area (Å²) in [7, 11) is -6.57. The number of rotatable bonds is 10. The third-order valence-electron chi connectivity index (χ3n) is 10.3. The van der Waals surface area contributed by atoms with Gasteiger partial charge in [-0.25, -0.2) is 0 Å². The van der Waals surface area contributed by atoms with Crippen LogP contribution in [0.5, 0.6) is 0 Å². The van der Waals surface area contributed by atoms with Gasteiger partial charge in [0.15, 0.2) is 0 Å². The molecule has 2 aromatic carbocycles. The summed E-state index contributed by atoms with van der Waals surface area (Å²) in [5.74, 6) is 0. The van der Waals surface area contributed by atoms with Gasteiger partial charge in [0.1, 0.15) is 0 Å². The van der Waals surface area contributed by atoms with E-state index < -0.39 is 48.9 Å². The van der Waals surface area contributed by atoms with E-state index in [1.54, 1.807) is 21.5 Å². The molecule has 0 spiro atoms. The second-order valence-electron chi connectivity index (χ2n) is 17.0. The summed E-state index contributed by atoms with van der Waals surface area (Å²) < 4.78 is 2.93. The summed E-state index contributed by atoms with van der Waals surface area (Å²) >= 11 is -3.20. The fourth-order valence-electron chi connectivity index (χ4n) is 7.90. The van der Waals surface area contributed by atoms with Gasteiger partial charge in [-0.3, -0.25) is 0 Å². The van der Waals surface area contributed by atoms with Gasteiger partial charge >= 0.3 is 262 Å². The summed E-state index contributed by atoms with van der Waals surface area (Å²) in [6.07, 6.45) is 16.9. The standard InChI is InChI=1S/2C11H21Si2.2C7H7.Ti/c2*1-12(2,3)10-7-8-11(9-10)13(4,5)6;2*1-7-5-3-2-4-6-7;/h2*7-9H,1-6H3;2*2-6H,1H2;. The average molecular weight is 649 g/mol. The van der Waals surface area contributed by atoms with Crippen LogP contribution >= 0.6 is 0 Å². The van der Waals surface area contributed by atoms with E-state index in [9.17, 15) is 0 Å². The maximum atomic E-state index is 2.95. The first-order valence-electron chi connectivity index (χ1n) is 15.7. The summed E-state index contributed by atoms with van der Waals surface area (Å²) in [5.41, 5.74) is 3.12. The van der Waals surface area contributed by atoms with Gasteiger partial charge in [-0.05, 0) is 0 Å². The van der Waals surface area contributed by atoms with Crippen LogP contribution in [0.3, 0.4) is 0 Å². The van der Waals surface area contributed by atoms with Crippen molar-refractivity contribution in [2.75, 3.05) is 0 Å². The molecule has 0 radical (unpaired) electrons. The summed E-state index contributed by atoms with van der Waals surface area (Å²) in [4.78, 5) is 0. The number of hydrogen-bond donors (Lipinski definition) is 0. The molecule has 4 rings (SSSR count). The van der Waals surface area contributed by atoms with Crippen LogP contribution in [0.1, 0.15) is 11.1 Å². The van der Waals surface area contributed by atoms with Crippen LogP contribution in [-0.4, -0.2) is 32.3 Å². The molecular formula is C36H56Si4Ti. The van der Waals surface area contributed by atoms with Gasteiger partial charge in [0.25, 0.3) is 0 Å². The molecule has 41 heavy (non-hydrogen) atoms. The van der Waals surface area contributed by atoms with Crippen molar-refractivity contribution in [1.29, 1.82) is 0 Å². The van der Waals surface area contributed by atoms with Crippen LogP contribution < -0.4 is 0 Å². The van der Waals surface area contributed by atoms with Crippen LogP contribution in [0.2, 0.25) is 85.3 Å². The third kappa shape index (κ3) is 5.91. The molecule has 0 heterocycles. The molecule has 0 saturated carbocycles. The van der Waals surface area contributed by atoms with Crippen molar-refractivity contribution in [3.63, 3.8) is 0 Å². The molecule has 0 amide bonds. The Morgan fingerprint density at radius 3 is 1.05 bits per heavy atom. The van der Waals surface area contributed by atoms with Crippen molar-refractivity contribution in [2.45, 2.75) is 94.7 Å². The molecule has 2 aliphatic rings. The summed E-state index contributed by atoms with van der Waals surface area (Å²) in [5, 5.41) is 3.39. The van der Waals surface area contributed by atoms with Crippen molar-refractivity contribution in [3.05, 3.63) is 119 Å². The van der Waals surface area contributed by atoms with Gasteiger partial charge < -0.3 is 0 Å². The molecule has 0 nitrogen and oxygen atoms in total. The van der Waals surface area contributed by atoms with Crippen LogP contribution in [0.25, 0.3) is 0 Å². The third-order valence-corrected chi connectivity index (χ3v) is 40.0. The van der Waals surface area contributed by atoms with Gasteiger partial charge in [-0.2, -0.15) is 0 Å². The van der Waals surface area contributed by atoms with Crippen molar-refractivity contribution in [3.8, 4) is 0 Å². The second-order valence-corrected chi connectivity index (χ2v) is 46.4. The molecule has 0 fully saturated rings. The normalized spacial score (nSPS) is 23.6. The zero-order valence-electron chi connectivity index (χ0n) is 28.2. The molecule has 220 valence electrons. The molecule has 2 atom stereocenters. The van der Waals surface area contributed by atoms with Crippen LogP contribution in [0, 0.1) is 0 Å². The Bertz CT molecular complexity index is 1250. The molecule has 0 bridgehead atoms. The Morgan fingerprint density at radius 2 is 0.805 bits per heavy atom. The van der Waals surface area contributed by atoms with E-state index >= 15 is 0 Å². The van der Waals surface area contributed by atoms with Gasteiger partial charge in [-0.15, -0.1) is 0 Å². The first-order valence-corrected chi connectivity index (χ1v) is 33.5. The zero-order valence-corrected chi connectivity index (χ0v) is 33.7. The minimum atomic E-state index is -3.20. The molecule has 5 heteroatoms. The van der Waals surface area contributed by atoms with E-state index in [0.717, 1.165) is 0 Å².